The van der Waals surface area contributed by atoms with Crippen LogP contribution in [0.1, 0.15) is 5.56 Å². The lowest BCUT2D eigenvalue weighted by Crippen LogP contribution is -2.19. The van der Waals surface area contributed by atoms with E-state index in [2.05, 4.69) is 15.9 Å². The predicted molar refractivity (Wildman–Crippen MR) is 50.6 cm³/mol. The molecule has 0 fully saturated rings. The topological polar surface area (TPSA) is 20.2 Å². The third-order valence-electron chi connectivity index (χ3n) is 2.15. The van der Waals surface area contributed by atoms with Gasteiger partial charge in [0.05, 0.1) is 4.47 Å². The lowest BCUT2D eigenvalue weighted by Gasteiger charge is -1.99. The van der Waals surface area contributed by atoms with Crippen molar-refractivity contribution in [2.24, 2.45) is 0 Å². The Labute approximate surface area is 79.0 Å². The Hall–Kier alpha value is -0.345. The normalized spacial score (nSPS) is 20.4. The predicted octanol–water partition coefficient (Wildman–Crippen LogP) is 0.524. The maximum Gasteiger partial charge on any atom is 0.193 e. The quantitative estimate of drug-likeness (QED) is 0.643. The number of benzene rings is 1. The standard InChI is InChI=1S/C8H7BBrFO/c10-6-3-5-4(1-7(6)11)2-8(12)9-5/h1,3,8-9,12H,2H2. The van der Waals surface area contributed by atoms with Crippen molar-refractivity contribution in [3.05, 3.63) is 28.0 Å². The molecule has 1 heterocycles. The summed E-state index contributed by atoms with van der Waals surface area (Å²) < 4.78 is 13.5. The minimum atomic E-state index is -0.325. The minimum Gasteiger partial charge on any atom is -0.401 e. The number of aliphatic hydroxyl groups is 1. The Kier molecular flexibility index (Phi) is 1.97. The van der Waals surface area contributed by atoms with Crippen molar-refractivity contribution in [1.82, 2.24) is 0 Å². The number of hydrogen-bond acceptors (Lipinski definition) is 1. The van der Waals surface area contributed by atoms with E-state index in [1.54, 1.807) is 6.07 Å². The van der Waals surface area contributed by atoms with E-state index in [9.17, 15) is 9.50 Å². The molecule has 1 atom stereocenters. The van der Waals surface area contributed by atoms with Crippen molar-refractivity contribution in [2.75, 3.05) is 0 Å². The van der Waals surface area contributed by atoms with E-state index in [4.69, 9.17) is 0 Å². The van der Waals surface area contributed by atoms with Crippen molar-refractivity contribution >= 4 is 28.7 Å². The molecule has 0 spiro atoms. The number of halogens is 2. The molecule has 62 valence electrons. The first-order valence-electron chi connectivity index (χ1n) is 3.81. The van der Waals surface area contributed by atoms with Crippen molar-refractivity contribution < 1.29 is 9.50 Å². The fourth-order valence-corrected chi connectivity index (χ4v) is 1.98. The van der Waals surface area contributed by atoms with Crippen molar-refractivity contribution in [2.45, 2.75) is 12.4 Å². The highest BCUT2D eigenvalue weighted by Gasteiger charge is 2.22. The van der Waals surface area contributed by atoms with E-state index in [0.717, 1.165) is 11.0 Å². The smallest absolute Gasteiger partial charge is 0.193 e. The van der Waals surface area contributed by atoms with Gasteiger partial charge in [-0.3, -0.25) is 0 Å². The van der Waals surface area contributed by atoms with E-state index >= 15 is 0 Å². The Morgan fingerprint density at radius 3 is 3.08 bits per heavy atom. The van der Waals surface area contributed by atoms with Crippen LogP contribution in [-0.2, 0) is 6.42 Å². The zero-order valence-corrected chi connectivity index (χ0v) is 7.94. The molecule has 1 aromatic rings. The highest BCUT2D eigenvalue weighted by Crippen LogP contribution is 2.18. The molecule has 0 amide bonds. The zero-order valence-electron chi connectivity index (χ0n) is 6.35. The molecule has 1 unspecified atom stereocenters. The van der Waals surface area contributed by atoms with Crippen LogP contribution in [0.5, 0.6) is 0 Å². The zero-order chi connectivity index (χ0) is 8.72. The van der Waals surface area contributed by atoms with Gasteiger partial charge in [0.1, 0.15) is 5.82 Å². The largest absolute Gasteiger partial charge is 0.401 e. The molecule has 12 heavy (non-hydrogen) atoms. The summed E-state index contributed by atoms with van der Waals surface area (Å²) in [7, 11) is 0.647. The third-order valence-corrected chi connectivity index (χ3v) is 2.76. The van der Waals surface area contributed by atoms with Gasteiger partial charge in [-0.15, -0.1) is 0 Å². The SMILES string of the molecule is OC1Bc2cc(Br)c(F)cc2C1. The van der Waals surface area contributed by atoms with Gasteiger partial charge in [0.2, 0.25) is 0 Å². The second-order valence-corrected chi connectivity index (χ2v) is 3.95. The van der Waals surface area contributed by atoms with Gasteiger partial charge in [-0.2, -0.15) is 0 Å². The maximum atomic E-state index is 13.0. The van der Waals surface area contributed by atoms with Gasteiger partial charge in [0.25, 0.3) is 0 Å². The number of fused-ring (bicyclic) bond motifs is 1. The summed E-state index contributed by atoms with van der Waals surface area (Å²) in [5.74, 6) is -0.247. The number of aliphatic hydroxyl groups excluding tert-OH is 1. The van der Waals surface area contributed by atoms with Crippen LogP contribution in [0.2, 0.25) is 0 Å². The molecule has 1 aromatic carbocycles. The molecular weight excluding hydrogens is 222 g/mol. The van der Waals surface area contributed by atoms with Gasteiger partial charge in [-0.1, -0.05) is 11.5 Å². The van der Waals surface area contributed by atoms with Crippen LogP contribution in [-0.4, -0.2) is 18.4 Å². The number of rotatable bonds is 0. The highest BCUT2D eigenvalue weighted by atomic mass is 79.9. The average molecular weight is 229 g/mol. The maximum absolute atomic E-state index is 13.0. The second kappa shape index (κ2) is 2.85. The summed E-state index contributed by atoms with van der Waals surface area (Å²) in [6.45, 7) is 0. The Morgan fingerprint density at radius 2 is 2.33 bits per heavy atom. The minimum absolute atomic E-state index is 0.247. The molecule has 0 saturated carbocycles. The van der Waals surface area contributed by atoms with E-state index in [1.165, 1.54) is 6.07 Å². The monoisotopic (exact) mass is 228 g/mol. The number of hydrogen-bond donors (Lipinski definition) is 1. The molecule has 2 rings (SSSR count). The van der Waals surface area contributed by atoms with E-state index < -0.39 is 0 Å². The summed E-state index contributed by atoms with van der Waals surface area (Å²) in [6, 6.07) is 2.92. The van der Waals surface area contributed by atoms with E-state index in [1.807, 2.05) is 0 Å². The van der Waals surface area contributed by atoms with Crippen LogP contribution in [0, 0.1) is 5.82 Å². The first kappa shape index (κ1) is 8.26. The molecule has 1 nitrogen and oxygen atoms in total. The van der Waals surface area contributed by atoms with Gasteiger partial charge >= 0.3 is 0 Å². The van der Waals surface area contributed by atoms with Crippen LogP contribution >= 0.6 is 15.9 Å². The second-order valence-electron chi connectivity index (χ2n) is 3.10. The molecule has 0 aromatic heterocycles. The summed E-state index contributed by atoms with van der Waals surface area (Å²) >= 11 is 3.11. The van der Waals surface area contributed by atoms with Gasteiger partial charge in [0.15, 0.2) is 7.28 Å². The van der Waals surface area contributed by atoms with Crippen molar-refractivity contribution in [1.29, 1.82) is 0 Å². The summed E-state index contributed by atoms with van der Waals surface area (Å²) in [5, 5.41) is 9.29. The van der Waals surface area contributed by atoms with Crippen LogP contribution in [0.3, 0.4) is 0 Å². The highest BCUT2D eigenvalue weighted by molar-refractivity contribution is 9.10. The Bertz CT molecular complexity index is 298. The lowest BCUT2D eigenvalue weighted by molar-refractivity contribution is 0.258. The average Bonchev–Trinajstić information content (AvgIpc) is 2.30. The van der Waals surface area contributed by atoms with Crippen molar-refractivity contribution in [3.63, 3.8) is 0 Å². The molecule has 0 radical (unpaired) electrons. The van der Waals surface area contributed by atoms with Crippen LogP contribution in [0.25, 0.3) is 0 Å². The lowest BCUT2D eigenvalue weighted by atomic mass is 9.70. The molecule has 0 aliphatic carbocycles. The fraction of sp³-hybridized carbons (Fsp3) is 0.250. The molecule has 0 saturated heterocycles. The third kappa shape index (κ3) is 1.29. The molecule has 0 bridgehead atoms. The van der Waals surface area contributed by atoms with Crippen LogP contribution < -0.4 is 5.46 Å². The van der Waals surface area contributed by atoms with Gasteiger partial charge in [0, 0.05) is 6.00 Å². The Balaban J connectivity index is 2.48. The molecule has 4 heteroatoms. The van der Waals surface area contributed by atoms with E-state index in [0.29, 0.717) is 18.2 Å². The van der Waals surface area contributed by atoms with Gasteiger partial charge in [-0.05, 0) is 34.0 Å². The van der Waals surface area contributed by atoms with Gasteiger partial charge < -0.3 is 5.11 Å². The first-order chi connectivity index (χ1) is 5.66. The Morgan fingerprint density at radius 1 is 1.58 bits per heavy atom. The summed E-state index contributed by atoms with van der Waals surface area (Å²) in [5.41, 5.74) is 1.99. The molecule has 1 aliphatic rings. The molecule has 1 aliphatic heterocycles. The summed E-state index contributed by atoms with van der Waals surface area (Å²) in [6.07, 6.45) is 0.583. The van der Waals surface area contributed by atoms with Crippen LogP contribution in [0.4, 0.5) is 4.39 Å². The summed E-state index contributed by atoms with van der Waals surface area (Å²) in [4.78, 5) is 0. The van der Waals surface area contributed by atoms with Crippen molar-refractivity contribution in [3.8, 4) is 0 Å². The fourth-order valence-electron chi connectivity index (χ4n) is 1.59. The molecular formula is C8H7BBrFO. The van der Waals surface area contributed by atoms with Gasteiger partial charge in [-0.25, -0.2) is 4.39 Å². The molecule has 1 N–H and O–H groups in total. The van der Waals surface area contributed by atoms with E-state index in [-0.39, 0.29) is 11.8 Å². The van der Waals surface area contributed by atoms with Crippen LogP contribution in [0.15, 0.2) is 16.6 Å². The first-order valence-corrected chi connectivity index (χ1v) is 4.61.